The first kappa shape index (κ1) is 18.1. The number of sulfonamides is 1. The van der Waals surface area contributed by atoms with Gasteiger partial charge in [0.25, 0.3) is 10.0 Å². The molecule has 2 N–H and O–H groups in total. The van der Waals surface area contributed by atoms with Gasteiger partial charge in [0.2, 0.25) is 5.91 Å². The molecule has 0 fully saturated rings. The van der Waals surface area contributed by atoms with Gasteiger partial charge in [-0.05, 0) is 31.2 Å². The second-order valence-corrected chi connectivity index (χ2v) is 8.19. The first-order valence-corrected chi connectivity index (χ1v) is 10.2. The Kier molecular flexibility index (Phi) is 5.34. The van der Waals surface area contributed by atoms with Crippen LogP contribution in [0.25, 0.3) is 0 Å². The van der Waals surface area contributed by atoms with Crippen LogP contribution in [0.5, 0.6) is 0 Å². The van der Waals surface area contributed by atoms with Crippen LogP contribution in [0.4, 0.5) is 10.8 Å². The van der Waals surface area contributed by atoms with Gasteiger partial charge in [-0.3, -0.25) is 9.52 Å². The molecule has 1 amide bonds. The van der Waals surface area contributed by atoms with E-state index in [9.17, 15) is 13.2 Å². The van der Waals surface area contributed by atoms with Crippen LogP contribution in [0.3, 0.4) is 0 Å². The SMILES string of the molecule is Cc1ccc(S(=O)(=O)Nc2nc(CC(=O)Nc3ccccc3)cs2)cc1. The summed E-state index contributed by atoms with van der Waals surface area (Å²) in [5.74, 6) is -0.213. The lowest BCUT2D eigenvalue weighted by atomic mass is 10.2. The van der Waals surface area contributed by atoms with E-state index in [-0.39, 0.29) is 22.4 Å². The van der Waals surface area contributed by atoms with Gasteiger partial charge in [0.15, 0.2) is 5.13 Å². The molecule has 1 aromatic heterocycles. The van der Waals surface area contributed by atoms with Crippen LogP contribution >= 0.6 is 11.3 Å². The molecule has 0 saturated heterocycles. The minimum absolute atomic E-state index is 0.0671. The molecule has 134 valence electrons. The second-order valence-electron chi connectivity index (χ2n) is 5.65. The van der Waals surface area contributed by atoms with Gasteiger partial charge in [-0.2, -0.15) is 0 Å². The van der Waals surface area contributed by atoms with E-state index in [4.69, 9.17) is 0 Å². The number of amides is 1. The highest BCUT2D eigenvalue weighted by Gasteiger charge is 2.16. The van der Waals surface area contributed by atoms with Crippen molar-refractivity contribution in [2.24, 2.45) is 0 Å². The van der Waals surface area contributed by atoms with Crippen LogP contribution < -0.4 is 10.0 Å². The van der Waals surface area contributed by atoms with Crippen molar-refractivity contribution in [3.05, 3.63) is 71.2 Å². The van der Waals surface area contributed by atoms with Crippen molar-refractivity contribution in [1.82, 2.24) is 4.98 Å². The number of para-hydroxylation sites is 1. The molecule has 3 rings (SSSR count). The summed E-state index contributed by atoms with van der Waals surface area (Å²) in [5.41, 5.74) is 2.18. The van der Waals surface area contributed by atoms with Crippen LogP contribution in [0, 0.1) is 6.92 Å². The lowest BCUT2D eigenvalue weighted by Gasteiger charge is -2.05. The van der Waals surface area contributed by atoms with Crippen LogP contribution in [0.1, 0.15) is 11.3 Å². The molecule has 0 saturated carbocycles. The fourth-order valence-corrected chi connectivity index (χ4v) is 4.18. The molecule has 1 heterocycles. The zero-order valence-electron chi connectivity index (χ0n) is 14.0. The smallest absolute Gasteiger partial charge is 0.263 e. The molecular formula is C18H17N3O3S2. The quantitative estimate of drug-likeness (QED) is 0.678. The molecule has 2 aromatic carbocycles. The number of thiazole rings is 1. The largest absolute Gasteiger partial charge is 0.326 e. The van der Waals surface area contributed by atoms with Gasteiger partial charge in [-0.1, -0.05) is 35.9 Å². The predicted octanol–water partition coefficient (Wildman–Crippen LogP) is 3.43. The summed E-state index contributed by atoms with van der Waals surface area (Å²) >= 11 is 1.14. The lowest BCUT2D eigenvalue weighted by Crippen LogP contribution is -2.15. The Bertz CT molecular complexity index is 998. The van der Waals surface area contributed by atoms with Crippen LogP contribution in [-0.2, 0) is 21.2 Å². The third kappa shape index (κ3) is 4.68. The minimum Gasteiger partial charge on any atom is -0.326 e. The number of carbonyl (C=O) groups excluding carboxylic acids is 1. The number of carbonyl (C=O) groups is 1. The average molecular weight is 387 g/mol. The number of nitrogens with one attached hydrogen (secondary N) is 2. The second kappa shape index (κ2) is 7.67. The highest BCUT2D eigenvalue weighted by atomic mass is 32.2. The molecule has 0 aliphatic rings. The molecule has 8 heteroatoms. The fourth-order valence-electron chi connectivity index (χ4n) is 2.22. The van der Waals surface area contributed by atoms with Crippen molar-refractivity contribution in [2.45, 2.75) is 18.2 Å². The van der Waals surface area contributed by atoms with Crippen molar-refractivity contribution in [3.8, 4) is 0 Å². The summed E-state index contributed by atoms with van der Waals surface area (Å²) in [6.45, 7) is 1.89. The fraction of sp³-hybridized carbons (Fsp3) is 0.111. The monoisotopic (exact) mass is 387 g/mol. The molecule has 0 atom stereocenters. The number of anilines is 2. The van der Waals surface area contributed by atoms with E-state index in [1.54, 1.807) is 41.8 Å². The zero-order chi connectivity index (χ0) is 18.6. The predicted molar refractivity (Wildman–Crippen MR) is 103 cm³/mol. The van der Waals surface area contributed by atoms with Gasteiger partial charge in [0.05, 0.1) is 17.0 Å². The maximum atomic E-state index is 12.4. The van der Waals surface area contributed by atoms with Crippen LogP contribution in [-0.4, -0.2) is 19.3 Å². The summed E-state index contributed by atoms with van der Waals surface area (Å²) in [5, 5.41) is 4.66. The van der Waals surface area contributed by atoms with Crippen LogP contribution in [0.15, 0.2) is 64.9 Å². The number of hydrogen-bond donors (Lipinski definition) is 2. The molecule has 0 aliphatic heterocycles. The first-order valence-electron chi connectivity index (χ1n) is 7.81. The minimum atomic E-state index is -3.70. The van der Waals surface area contributed by atoms with Crippen LogP contribution in [0.2, 0.25) is 0 Å². The molecule has 0 spiro atoms. The zero-order valence-corrected chi connectivity index (χ0v) is 15.6. The van der Waals surface area contributed by atoms with Crippen molar-refractivity contribution in [1.29, 1.82) is 0 Å². The van der Waals surface area contributed by atoms with Gasteiger partial charge in [-0.15, -0.1) is 11.3 Å². The van der Waals surface area contributed by atoms with Gasteiger partial charge < -0.3 is 5.32 Å². The molecule has 0 aliphatic carbocycles. The highest BCUT2D eigenvalue weighted by molar-refractivity contribution is 7.93. The van der Waals surface area contributed by atoms with E-state index in [0.29, 0.717) is 11.4 Å². The summed E-state index contributed by atoms with van der Waals surface area (Å²) in [6, 6.07) is 15.7. The van der Waals surface area contributed by atoms with Gasteiger partial charge in [0.1, 0.15) is 0 Å². The van der Waals surface area contributed by atoms with E-state index in [1.165, 1.54) is 0 Å². The Labute approximate surface area is 156 Å². The number of aromatic nitrogens is 1. The van der Waals surface area contributed by atoms with Gasteiger partial charge >= 0.3 is 0 Å². The summed E-state index contributed by atoms with van der Waals surface area (Å²) in [6.07, 6.45) is 0.0671. The molecule has 6 nitrogen and oxygen atoms in total. The molecule has 0 bridgehead atoms. The maximum absolute atomic E-state index is 12.4. The van der Waals surface area contributed by atoms with Crippen molar-refractivity contribution in [2.75, 3.05) is 10.0 Å². The number of hydrogen-bond acceptors (Lipinski definition) is 5. The summed E-state index contributed by atoms with van der Waals surface area (Å²) in [7, 11) is -3.70. The third-order valence-corrected chi connectivity index (χ3v) is 5.79. The number of nitrogens with zero attached hydrogens (tertiary/aromatic N) is 1. The van der Waals surface area contributed by atoms with E-state index in [1.807, 2.05) is 25.1 Å². The highest BCUT2D eigenvalue weighted by Crippen LogP contribution is 2.21. The van der Waals surface area contributed by atoms with E-state index in [2.05, 4.69) is 15.0 Å². The molecule has 0 radical (unpaired) electrons. The number of rotatable bonds is 6. The summed E-state index contributed by atoms with van der Waals surface area (Å²) in [4.78, 5) is 16.4. The molecular weight excluding hydrogens is 370 g/mol. The Morgan fingerprint density at radius 2 is 1.77 bits per heavy atom. The molecule has 26 heavy (non-hydrogen) atoms. The van der Waals surface area contributed by atoms with E-state index in [0.717, 1.165) is 16.9 Å². The van der Waals surface area contributed by atoms with E-state index >= 15 is 0 Å². The van der Waals surface area contributed by atoms with E-state index < -0.39 is 10.0 Å². The number of aryl methyl sites for hydroxylation is 1. The topological polar surface area (TPSA) is 88.2 Å². The van der Waals surface area contributed by atoms with Crippen molar-refractivity contribution >= 4 is 38.1 Å². The van der Waals surface area contributed by atoms with Gasteiger partial charge in [0, 0.05) is 11.1 Å². The van der Waals surface area contributed by atoms with Crippen molar-refractivity contribution < 1.29 is 13.2 Å². The lowest BCUT2D eigenvalue weighted by molar-refractivity contribution is -0.115. The Hall–Kier alpha value is -2.71. The summed E-state index contributed by atoms with van der Waals surface area (Å²) < 4.78 is 27.2. The van der Waals surface area contributed by atoms with Gasteiger partial charge in [-0.25, -0.2) is 13.4 Å². The maximum Gasteiger partial charge on any atom is 0.263 e. The Morgan fingerprint density at radius 1 is 1.08 bits per heavy atom. The Balaban J connectivity index is 1.64. The first-order chi connectivity index (χ1) is 12.4. The average Bonchev–Trinajstić information content (AvgIpc) is 3.02. The normalized spacial score (nSPS) is 11.1. The molecule has 3 aromatic rings. The third-order valence-electron chi connectivity index (χ3n) is 3.50. The van der Waals surface area contributed by atoms with Crippen molar-refractivity contribution in [3.63, 3.8) is 0 Å². The number of benzene rings is 2. The standard InChI is InChI=1S/C18H17N3O3S2/c1-13-7-9-16(10-8-13)26(23,24)21-18-20-15(12-25-18)11-17(22)19-14-5-3-2-4-6-14/h2-10,12H,11H2,1H3,(H,19,22)(H,20,21). The molecule has 0 unspecified atom stereocenters. The Morgan fingerprint density at radius 3 is 2.46 bits per heavy atom.